The first kappa shape index (κ1) is 20.3. The largest absolute Gasteiger partial charge is 0.360 e. The number of hydrogen-bond acceptors (Lipinski definition) is 6. The van der Waals surface area contributed by atoms with E-state index < -0.39 is 10.0 Å². The number of hydrogen-bond donors (Lipinski definition) is 0. The molecule has 0 amide bonds. The van der Waals surface area contributed by atoms with Crippen molar-refractivity contribution in [2.45, 2.75) is 45.8 Å². The maximum absolute atomic E-state index is 13.1. The fourth-order valence-corrected chi connectivity index (χ4v) is 5.79. The van der Waals surface area contributed by atoms with E-state index in [0.29, 0.717) is 32.7 Å². The van der Waals surface area contributed by atoms with Crippen molar-refractivity contribution in [2.75, 3.05) is 25.9 Å². The predicted molar refractivity (Wildman–Crippen MR) is 109 cm³/mol. The molecule has 8 nitrogen and oxygen atoms in total. The van der Waals surface area contributed by atoms with Crippen LogP contribution in [0.4, 0.5) is 0 Å². The van der Waals surface area contributed by atoms with Crippen LogP contribution in [-0.4, -0.2) is 53.2 Å². The smallest absolute Gasteiger partial charge is 0.255 e. The average molecular weight is 421 g/mol. The number of aromatic nitrogens is 2. The predicted octanol–water partition coefficient (Wildman–Crippen LogP) is 1.55. The second-order valence-electron chi connectivity index (χ2n) is 8.32. The van der Waals surface area contributed by atoms with Crippen molar-refractivity contribution in [2.24, 2.45) is 5.92 Å². The third kappa shape index (κ3) is 4.04. The molecule has 0 aliphatic carbocycles. The summed E-state index contributed by atoms with van der Waals surface area (Å²) in [6.45, 7) is 6.22. The summed E-state index contributed by atoms with van der Waals surface area (Å²) in [6.07, 6.45) is 0.944. The molecule has 0 N–H and O–H groups in total. The Balaban J connectivity index is 1.54. The van der Waals surface area contributed by atoms with Gasteiger partial charge in [0.25, 0.3) is 5.56 Å². The van der Waals surface area contributed by atoms with Crippen LogP contribution in [0.3, 0.4) is 0 Å². The number of aryl methyl sites for hydroxylation is 1. The third-order valence-electron chi connectivity index (χ3n) is 5.95. The van der Waals surface area contributed by atoms with Gasteiger partial charge in [0.15, 0.2) is 5.76 Å². The van der Waals surface area contributed by atoms with Crippen LogP contribution in [0, 0.1) is 12.8 Å². The molecular weight excluding hydrogens is 392 g/mol. The van der Waals surface area contributed by atoms with E-state index in [1.54, 1.807) is 11.2 Å². The minimum atomic E-state index is -3.20. The van der Waals surface area contributed by atoms with Gasteiger partial charge in [-0.3, -0.25) is 9.69 Å². The van der Waals surface area contributed by atoms with Crippen molar-refractivity contribution in [3.05, 3.63) is 51.3 Å². The second-order valence-corrected chi connectivity index (χ2v) is 10.6. The first-order valence-corrected chi connectivity index (χ1v) is 11.7. The molecule has 2 bridgehead atoms. The van der Waals surface area contributed by atoms with Crippen LogP contribution >= 0.6 is 0 Å². The molecule has 0 saturated carbocycles. The van der Waals surface area contributed by atoms with Crippen molar-refractivity contribution < 1.29 is 12.9 Å². The van der Waals surface area contributed by atoms with Gasteiger partial charge in [-0.15, -0.1) is 0 Å². The molecule has 158 valence electrons. The summed E-state index contributed by atoms with van der Waals surface area (Å²) in [6, 6.07) is 5.80. The van der Waals surface area contributed by atoms with Gasteiger partial charge in [-0.2, -0.15) is 0 Å². The Bertz CT molecular complexity index is 1060. The number of pyridine rings is 1. The summed E-state index contributed by atoms with van der Waals surface area (Å²) in [7, 11) is -1.25. The highest BCUT2D eigenvalue weighted by Gasteiger charge is 2.38. The number of piperidine rings is 1. The summed E-state index contributed by atoms with van der Waals surface area (Å²) in [5.41, 5.74) is 2.57. The van der Waals surface area contributed by atoms with E-state index in [4.69, 9.17) is 4.52 Å². The van der Waals surface area contributed by atoms with Gasteiger partial charge in [-0.05, 0) is 39.3 Å². The molecule has 1 saturated heterocycles. The van der Waals surface area contributed by atoms with Gasteiger partial charge in [-0.25, -0.2) is 12.7 Å². The Morgan fingerprint density at radius 3 is 2.72 bits per heavy atom. The number of sulfonamides is 1. The van der Waals surface area contributed by atoms with Crippen LogP contribution in [0.15, 0.2) is 27.5 Å². The van der Waals surface area contributed by atoms with E-state index >= 15 is 0 Å². The minimum absolute atomic E-state index is 0.0320. The lowest BCUT2D eigenvalue weighted by molar-refractivity contribution is 0.185. The van der Waals surface area contributed by atoms with Crippen LogP contribution in [0.25, 0.3) is 0 Å². The zero-order valence-corrected chi connectivity index (χ0v) is 18.0. The zero-order valence-electron chi connectivity index (χ0n) is 17.2. The van der Waals surface area contributed by atoms with Crippen molar-refractivity contribution in [3.63, 3.8) is 0 Å². The van der Waals surface area contributed by atoms with E-state index in [0.717, 1.165) is 29.1 Å². The van der Waals surface area contributed by atoms with Crippen LogP contribution in [0.5, 0.6) is 0 Å². The van der Waals surface area contributed by atoms with Gasteiger partial charge in [0.05, 0.1) is 18.0 Å². The number of fused-ring (bicyclic) bond motifs is 4. The van der Waals surface area contributed by atoms with Crippen molar-refractivity contribution >= 4 is 10.0 Å². The first-order valence-electron chi connectivity index (χ1n) is 10.1. The van der Waals surface area contributed by atoms with Crippen molar-refractivity contribution in [1.82, 2.24) is 18.9 Å². The molecule has 2 atom stereocenters. The second kappa shape index (κ2) is 7.70. The van der Waals surface area contributed by atoms with Crippen molar-refractivity contribution in [3.8, 4) is 0 Å². The summed E-state index contributed by atoms with van der Waals surface area (Å²) < 4.78 is 33.4. The normalized spacial score (nSPS) is 22.1. The quantitative estimate of drug-likeness (QED) is 0.704. The molecule has 2 aliphatic heterocycles. The summed E-state index contributed by atoms with van der Waals surface area (Å²) in [5.74, 6) is 1.16. The summed E-state index contributed by atoms with van der Waals surface area (Å²) >= 11 is 0. The maximum atomic E-state index is 13.1. The lowest BCUT2D eigenvalue weighted by atomic mass is 9.84. The molecule has 4 rings (SSSR count). The molecule has 0 aromatic carbocycles. The van der Waals surface area contributed by atoms with E-state index in [9.17, 15) is 13.2 Å². The molecule has 0 radical (unpaired) electrons. The highest BCUT2D eigenvalue weighted by atomic mass is 32.2. The van der Waals surface area contributed by atoms with E-state index in [-0.39, 0.29) is 23.1 Å². The molecule has 2 aromatic rings. The minimum Gasteiger partial charge on any atom is -0.360 e. The number of nitrogens with zero attached hydrogens (tertiary/aromatic N) is 4. The Labute approximate surface area is 171 Å². The lowest BCUT2D eigenvalue weighted by Crippen LogP contribution is -2.49. The van der Waals surface area contributed by atoms with Crippen LogP contribution < -0.4 is 5.56 Å². The molecule has 1 fully saturated rings. The van der Waals surface area contributed by atoms with Gasteiger partial charge < -0.3 is 9.09 Å². The molecular formula is C20H28N4O4S. The molecule has 2 aromatic heterocycles. The van der Waals surface area contributed by atoms with E-state index in [1.165, 1.54) is 0 Å². The molecule has 4 heterocycles. The lowest BCUT2D eigenvalue weighted by Gasteiger charge is -2.42. The number of rotatable bonds is 6. The highest BCUT2D eigenvalue weighted by molar-refractivity contribution is 7.89. The van der Waals surface area contributed by atoms with E-state index in [2.05, 4.69) is 5.16 Å². The fraction of sp³-hybridized carbons (Fsp3) is 0.600. The van der Waals surface area contributed by atoms with Crippen LogP contribution in [-0.2, 0) is 29.7 Å². The topological polar surface area (TPSA) is 88.7 Å². The Morgan fingerprint density at radius 2 is 2.03 bits per heavy atom. The van der Waals surface area contributed by atoms with Crippen molar-refractivity contribution in [1.29, 1.82) is 0 Å². The molecule has 0 spiro atoms. The Kier molecular flexibility index (Phi) is 5.39. The van der Waals surface area contributed by atoms with Gasteiger partial charge >= 0.3 is 0 Å². The summed E-state index contributed by atoms with van der Waals surface area (Å²) in [5, 5.41) is 3.90. The SMILES string of the molecule is CCS(=O)(=O)N1C[C@@H]2C[C@H](C1)c1ccc(CN(C)Cc3cc(C)no3)c(=O)n1C2. The average Bonchev–Trinajstić information content (AvgIpc) is 3.08. The van der Waals surface area contributed by atoms with Crippen LogP contribution in [0.1, 0.15) is 42.0 Å². The Morgan fingerprint density at radius 1 is 1.24 bits per heavy atom. The highest BCUT2D eigenvalue weighted by Crippen LogP contribution is 2.36. The van der Waals surface area contributed by atoms with Crippen LogP contribution in [0.2, 0.25) is 0 Å². The van der Waals surface area contributed by atoms with Gasteiger partial charge in [0.1, 0.15) is 0 Å². The fourth-order valence-electron chi connectivity index (χ4n) is 4.58. The standard InChI is InChI=1S/C20H28N4O4S/c1-4-29(26,27)23-9-15-8-17(12-23)19-6-5-16(20(25)24(19)10-15)11-22(3)13-18-7-14(2)21-28-18/h5-7,15,17H,4,8-13H2,1-3H3/t15-,17+/m0/s1. The Hall–Kier alpha value is -1.97. The third-order valence-corrected chi connectivity index (χ3v) is 7.77. The van der Waals surface area contributed by atoms with Gasteiger partial charge in [0, 0.05) is 49.4 Å². The maximum Gasteiger partial charge on any atom is 0.255 e. The van der Waals surface area contributed by atoms with Gasteiger partial charge in [0.2, 0.25) is 10.0 Å². The molecule has 29 heavy (non-hydrogen) atoms. The van der Waals surface area contributed by atoms with Gasteiger partial charge in [-0.1, -0.05) is 11.2 Å². The summed E-state index contributed by atoms with van der Waals surface area (Å²) in [4.78, 5) is 15.2. The zero-order chi connectivity index (χ0) is 20.8. The van der Waals surface area contributed by atoms with E-state index in [1.807, 2.05) is 41.6 Å². The molecule has 0 unspecified atom stereocenters. The first-order chi connectivity index (χ1) is 13.8. The molecule has 9 heteroatoms. The molecule has 2 aliphatic rings. The monoisotopic (exact) mass is 420 g/mol.